The fourth-order valence-corrected chi connectivity index (χ4v) is 2.73. The average Bonchev–Trinajstić information content (AvgIpc) is 2.30. The smallest absolute Gasteiger partial charge is 0.159 e. The van der Waals surface area contributed by atoms with Crippen molar-refractivity contribution in [1.82, 2.24) is 4.98 Å². The Labute approximate surface area is 97.1 Å². The van der Waals surface area contributed by atoms with Gasteiger partial charge in [0.1, 0.15) is 5.82 Å². The van der Waals surface area contributed by atoms with Crippen LogP contribution in [-0.4, -0.2) is 39.6 Å². The lowest BCUT2D eigenvalue weighted by molar-refractivity contribution is 0.101. The van der Waals surface area contributed by atoms with Gasteiger partial charge in [0.05, 0.1) is 0 Å². The number of nitrogens with zero attached hydrogens (tertiary/aromatic N) is 2. The third-order valence-electron chi connectivity index (χ3n) is 2.65. The summed E-state index contributed by atoms with van der Waals surface area (Å²) >= 11 is 0. The Hall–Kier alpha value is -1.23. The number of ketones is 1. The van der Waals surface area contributed by atoms with Crippen molar-refractivity contribution in [2.75, 3.05) is 29.5 Å². The van der Waals surface area contributed by atoms with Crippen molar-refractivity contribution in [3.63, 3.8) is 0 Å². The Balaban J connectivity index is 2.17. The van der Waals surface area contributed by atoms with E-state index in [9.17, 15) is 9.00 Å². The van der Waals surface area contributed by atoms with E-state index < -0.39 is 10.8 Å². The maximum absolute atomic E-state index is 11.2. The molecular weight excluding hydrogens is 224 g/mol. The standard InChI is InChI=1S/C11H14N2O2S/c1-9(14)10-2-3-12-11(8-10)13-4-6-16(15)7-5-13/h2-3,8H,4-7H2,1H3. The first kappa shape index (κ1) is 11.3. The van der Waals surface area contributed by atoms with Gasteiger partial charge < -0.3 is 4.90 Å². The molecule has 1 aromatic heterocycles. The second-order valence-electron chi connectivity index (χ2n) is 3.79. The highest BCUT2D eigenvalue weighted by Crippen LogP contribution is 2.15. The Morgan fingerprint density at radius 1 is 1.44 bits per heavy atom. The Morgan fingerprint density at radius 2 is 2.12 bits per heavy atom. The minimum Gasteiger partial charge on any atom is -0.355 e. The molecule has 1 saturated heterocycles. The number of rotatable bonds is 2. The van der Waals surface area contributed by atoms with Crippen molar-refractivity contribution in [1.29, 1.82) is 0 Å². The van der Waals surface area contributed by atoms with Gasteiger partial charge in [-0.3, -0.25) is 9.00 Å². The van der Waals surface area contributed by atoms with Crippen LogP contribution in [0.15, 0.2) is 18.3 Å². The molecule has 5 heteroatoms. The van der Waals surface area contributed by atoms with Crippen LogP contribution in [0.5, 0.6) is 0 Å². The zero-order valence-corrected chi connectivity index (χ0v) is 10.00. The molecule has 0 bridgehead atoms. The van der Waals surface area contributed by atoms with Gasteiger partial charge in [-0.1, -0.05) is 0 Å². The molecule has 2 rings (SSSR count). The van der Waals surface area contributed by atoms with Gasteiger partial charge in [-0.25, -0.2) is 4.98 Å². The minimum absolute atomic E-state index is 0.0456. The monoisotopic (exact) mass is 238 g/mol. The number of hydrogen-bond acceptors (Lipinski definition) is 4. The van der Waals surface area contributed by atoms with Crippen LogP contribution in [0.3, 0.4) is 0 Å². The van der Waals surface area contributed by atoms with E-state index in [2.05, 4.69) is 9.88 Å². The van der Waals surface area contributed by atoms with E-state index in [0.717, 1.165) is 18.9 Å². The minimum atomic E-state index is -0.685. The first-order chi connectivity index (χ1) is 7.66. The number of pyridine rings is 1. The maximum Gasteiger partial charge on any atom is 0.159 e. The van der Waals surface area contributed by atoms with Gasteiger partial charge in [-0.05, 0) is 19.1 Å². The fraction of sp³-hybridized carbons (Fsp3) is 0.455. The molecule has 0 saturated carbocycles. The zero-order valence-electron chi connectivity index (χ0n) is 9.18. The van der Waals surface area contributed by atoms with E-state index in [0.29, 0.717) is 17.1 Å². The topological polar surface area (TPSA) is 50.3 Å². The first-order valence-corrected chi connectivity index (χ1v) is 6.72. The van der Waals surface area contributed by atoms with Crippen LogP contribution in [0.2, 0.25) is 0 Å². The molecule has 0 aliphatic carbocycles. The molecule has 1 fully saturated rings. The first-order valence-electron chi connectivity index (χ1n) is 5.24. The largest absolute Gasteiger partial charge is 0.355 e. The lowest BCUT2D eigenvalue weighted by atomic mass is 10.2. The Morgan fingerprint density at radius 3 is 2.75 bits per heavy atom. The summed E-state index contributed by atoms with van der Waals surface area (Å²) in [7, 11) is -0.685. The molecule has 1 aromatic rings. The number of Topliss-reactive ketones (excluding diaryl/α,β-unsaturated/α-hetero) is 1. The van der Waals surface area contributed by atoms with Crippen LogP contribution < -0.4 is 4.90 Å². The van der Waals surface area contributed by atoms with Crippen LogP contribution in [0.1, 0.15) is 17.3 Å². The quantitative estimate of drug-likeness (QED) is 0.717. The van der Waals surface area contributed by atoms with Gasteiger partial charge in [-0.15, -0.1) is 0 Å². The van der Waals surface area contributed by atoms with Crippen LogP contribution in [0, 0.1) is 0 Å². The normalized spacial score (nSPS) is 17.4. The molecular formula is C11H14N2O2S. The van der Waals surface area contributed by atoms with Crippen molar-refractivity contribution in [3.8, 4) is 0 Å². The molecule has 4 nitrogen and oxygen atoms in total. The second-order valence-corrected chi connectivity index (χ2v) is 5.49. The third-order valence-corrected chi connectivity index (χ3v) is 3.93. The molecule has 0 N–H and O–H groups in total. The number of aromatic nitrogens is 1. The summed E-state index contributed by atoms with van der Waals surface area (Å²) in [5.74, 6) is 2.23. The van der Waals surface area contributed by atoms with E-state index in [1.165, 1.54) is 0 Å². The van der Waals surface area contributed by atoms with E-state index in [4.69, 9.17) is 0 Å². The summed E-state index contributed by atoms with van der Waals surface area (Å²) in [5.41, 5.74) is 0.677. The van der Waals surface area contributed by atoms with Gasteiger partial charge in [-0.2, -0.15) is 0 Å². The molecule has 0 amide bonds. The van der Waals surface area contributed by atoms with Crippen molar-refractivity contribution in [3.05, 3.63) is 23.9 Å². The fourth-order valence-electron chi connectivity index (χ4n) is 1.68. The molecule has 2 heterocycles. The van der Waals surface area contributed by atoms with Gasteiger partial charge in [0.2, 0.25) is 0 Å². The summed E-state index contributed by atoms with van der Waals surface area (Å²) in [6, 6.07) is 3.52. The number of carbonyl (C=O) groups is 1. The highest BCUT2D eigenvalue weighted by atomic mass is 32.2. The molecule has 86 valence electrons. The Kier molecular flexibility index (Phi) is 3.33. The van der Waals surface area contributed by atoms with Crippen LogP contribution >= 0.6 is 0 Å². The summed E-state index contributed by atoms with van der Waals surface area (Å²) in [6.45, 7) is 3.05. The third kappa shape index (κ3) is 2.47. The van der Waals surface area contributed by atoms with Crippen LogP contribution in [0.25, 0.3) is 0 Å². The molecule has 0 radical (unpaired) electrons. The highest BCUT2D eigenvalue weighted by molar-refractivity contribution is 7.85. The predicted molar refractivity (Wildman–Crippen MR) is 64.3 cm³/mol. The molecule has 16 heavy (non-hydrogen) atoms. The number of carbonyl (C=O) groups excluding carboxylic acids is 1. The van der Waals surface area contributed by atoms with Crippen LogP contribution in [-0.2, 0) is 10.8 Å². The van der Waals surface area contributed by atoms with Gasteiger partial charge in [0.15, 0.2) is 5.78 Å². The van der Waals surface area contributed by atoms with Crippen LogP contribution in [0.4, 0.5) is 5.82 Å². The molecule has 0 atom stereocenters. The maximum atomic E-state index is 11.2. The SMILES string of the molecule is CC(=O)c1ccnc(N2CCS(=O)CC2)c1. The highest BCUT2D eigenvalue weighted by Gasteiger charge is 2.16. The van der Waals surface area contributed by atoms with E-state index >= 15 is 0 Å². The van der Waals surface area contributed by atoms with Crippen molar-refractivity contribution < 1.29 is 9.00 Å². The molecule has 1 aliphatic heterocycles. The zero-order chi connectivity index (χ0) is 11.5. The van der Waals surface area contributed by atoms with Gasteiger partial charge >= 0.3 is 0 Å². The number of anilines is 1. The van der Waals surface area contributed by atoms with Crippen molar-refractivity contribution in [2.24, 2.45) is 0 Å². The van der Waals surface area contributed by atoms with E-state index in [1.807, 2.05) is 0 Å². The summed E-state index contributed by atoms with van der Waals surface area (Å²) < 4.78 is 11.2. The van der Waals surface area contributed by atoms with Crippen molar-refractivity contribution in [2.45, 2.75) is 6.92 Å². The summed E-state index contributed by atoms with van der Waals surface area (Å²) in [5, 5.41) is 0. The lowest BCUT2D eigenvalue weighted by Gasteiger charge is -2.27. The molecule has 0 unspecified atom stereocenters. The Bertz CT molecular complexity index is 424. The van der Waals surface area contributed by atoms with Crippen molar-refractivity contribution >= 4 is 22.4 Å². The molecule has 1 aliphatic rings. The van der Waals surface area contributed by atoms with E-state index in [1.54, 1.807) is 25.3 Å². The number of hydrogen-bond donors (Lipinski definition) is 0. The predicted octanol–water partition coefficient (Wildman–Crippen LogP) is 0.853. The molecule has 0 spiro atoms. The summed E-state index contributed by atoms with van der Waals surface area (Å²) in [6.07, 6.45) is 1.65. The summed E-state index contributed by atoms with van der Waals surface area (Å²) in [4.78, 5) is 17.6. The second kappa shape index (κ2) is 4.74. The lowest BCUT2D eigenvalue weighted by Crippen LogP contribution is -2.38. The van der Waals surface area contributed by atoms with Gasteiger partial charge in [0, 0.05) is 47.2 Å². The molecule has 0 aromatic carbocycles. The van der Waals surface area contributed by atoms with Gasteiger partial charge in [0.25, 0.3) is 0 Å². The average molecular weight is 238 g/mol. The van der Waals surface area contributed by atoms with E-state index in [-0.39, 0.29) is 5.78 Å².